The fourth-order valence-corrected chi connectivity index (χ4v) is 3.71. The average molecular weight is 384 g/mol. The Bertz CT molecular complexity index is 1010. The first kappa shape index (κ1) is 18.9. The van der Waals surface area contributed by atoms with Crippen LogP contribution in [-0.2, 0) is 4.79 Å². The maximum absolute atomic E-state index is 13.1. The Hall–Kier alpha value is -3.40. The van der Waals surface area contributed by atoms with Gasteiger partial charge in [-0.15, -0.1) is 0 Å². The van der Waals surface area contributed by atoms with Gasteiger partial charge in [0.05, 0.1) is 6.04 Å². The van der Waals surface area contributed by atoms with Crippen molar-refractivity contribution in [1.29, 1.82) is 0 Å². The predicted octanol–water partition coefficient (Wildman–Crippen LogP) is 4.64. The normalized spacial score (nSPS) is 14.7. The third kappa shape index (κ3) is 4.21. The maximum atomic E-state index is 13.1. The van der Waals surface area contributed by atoms with Gasteiger partial charge in [-0.2, -0.15) is 0 Å². The van der Waals surface area contributed by atoms with Gasteiger partial charge in [0.2, 0.25) is 5.91 Å². The molecule has 3 aromatic rings. The highest BCUT2D eigenvalue weighted by Crippen LogP contribution is 2.25. The molecule has 1 heterocycles. The summed E-state index contributed by atoms with van der Waals surface area (Å²) in [6.07, 6.45) is 1.43. The van der Waals surface area contributed by atoms with E-state index in [0.29, 0.717) is 18.5 Å². The van der Waals surface area contributed by atoms with Crippen molar-refractivity contribution >= 4 is 17.5 Å². The summed E-state index contributed by atoms with van der Waals surface area (Å²) in [7, 11) is 0. The molecule has 1 aliphatic rings. The van der Waals surface area contributed by atoms with E-state index in [1.54, 1.807) is 17.0 Å². The van der Waals surface area contributed by atoms with Crippen molar-refractivity contribution in [3.63, 3.8) is 0 Å². The molecule has 1 N–H and O–H groups in total. The zero-order chi connectivity index (χ0) is 20.2. The smallest absolute Gasteiger partial charge is 0.252 e. The van der Waals surface area contributed by atoms with Crippen LogP contribution >= 0.6 is 0 Å². The van der Waals surface area contributed by atoms with E-state index in [0.717, 1.165) is 23.2 Å². The number of aryl methyl sites for hydroxylation is 1. The van der Waals surface area contributed by atoms with Crippen LogP contribution < -0.4 is 10.2 Å². The van der Waals surface area contributed by atoms with Crippen LogP contribution in [-0.4, -0.2) is 18.4 Å². The number of nitrogens with zero attached hydrogens (tertiary/aromatic N) is 1. The molecule has 0 radical (unpaired) electrons. The summed E-state index contributed by atoms with van der Waals surface area (Å²) in [6, 6.07) is 25.2. The number of benzene rings is 3. The number of hydrogen-bond acceptors (Lipinski definition) is 2. The number of carbonyl (C=O) groups is 2. The summed E-state index contributed by atoms with van der Waals surface area (Å²) in [5.74, 6) is -0.0442. The molecule has 1 saturated heterocycles. The molecular formula is C25H24N2O2. The van der Waals surface area contributed by atoms with Crippen molar-refractivity contribution in [2.45, 2.75) is 25.8 Å². The largest absolute Gasteiger partial charge is 0.341 e. The molecule has 3 aromatic carbocycles. The standard InChI is InChI=1S/C25H24N2O2/c1-18-12-14-20(15-13-18)24(19-7-3-2-4-8-19)26-25(29)21-9-5-10-22(17-21)27-16-6-11-23(27)28/h2-5,7-10,12-15,17,24H,6,11,16H2,1H3,(H,26,29)/t24-/m1/s1. The van der Waals surface area contributed by atoms with Crippen LogP contribution in [0.15, 0.2) is 78.9 Å². The monoisotopic (exact) mass is 384 g/mol. The summed E-state index contributed by atoms with van der Waals surface area (Å²) in [6.45, 7) is 2.75. The Labute approximate surface area is 171 Å². The minimum absolute atomic E-state index is 0.115. The van der Waals surface area contributed by atoms with Crippen LogP contribution in [0.25, 0.3) is 0 Å². The number of hydrogen-bond donors (Lipinski definition) is 1. The van der Waals surface area contributed by atoms with Gasteiger partial charge in [-0.3, -0.25) is 9.59 Å². The van der Waals surface area contributed by atoms with E-state index in [9.17, 15) is 9.59 Å². The molecule has 146 valence electrons. The Morgan fingerprint density at radius 1 is 0.931 bits per heavy atom. The number of nitrogens with one attached hydrogen (secondary N) is 1. The summed E-state index contributed by atoms with van der Waals surface area (Å²) in [5, 5.41) is 3.17. The maximum Gasteiger partial charge on any atom is 0.252 e. The highest BCUT2D eigenvalue weighted by Gasteiger charge is 2.23. The molecular weight excluding hydrogens is 360 g/mol. The average Bonchev–Trinajstić information content (AvgIpc) is 3.19. The SMILES string of the molecule is Cc1ccc([C@H](NC(=O)c2cccc(N3CCCC3=O)c2)c2ccccc2)cc1. The Kier molecular flexibility index (Phi) is 5.43. The third-order valence-corrected chi connectivity index (χ3v) is 5.31. The minimum atomic E-state index is -0.249. The van der Waals surface area contributed by atoms with Crippen molar-refractivity contribution < 1.29 is 9.59 Å². The summed E-state index contributed by atoms with van der Waals surface area (Å²) in [5.41, 5.74) is 4.56. The van der Waals surface area contributed by atoms with Crippen LogP contribution in [0.5, 0.6) is 0 Å². The fourth-order valence-electron chi connectivity index (χ4n) is 3.71. The lowest BCUT2D eigenvalue weighted by Crippen LogP contribution is -2.30. The van der Waals surface area contributed by atoms with E-state index in [1.165, 1.54) is 5.56 Å². The third-order valence-electron chi connectivity index (χ3n) is 5.31. The molecule has 1 fully saturated rings. The van der Waals surface area contributed by atoms with Gasteiger partial charge in [-0.25, -0.2) is 0 Å². The first-order valence-electron chi connectivity index (χ1n) is 9.94. The second kappa shape index (κ2) is 8.31. The van der Waals surface area contributed by atoms with Gasteiger partial charge < -0.3 is 10.2 Å². The molecule has 4 rings (SSSR count). The van der Waals surface area contributed by atoms with Crippen molar-refractivity contribution in [1.82, 2.24) is 5.32 Å². The van der Waals surface area contributed by atoms with Gasteiger partial charge in [0.15, 0.2) is 0 Å². The quantitative estimate of drug-likeness (QED) is 0.697. The van der Waals surface area contributed by atoms with Gasteiger partial charge in [0.25, 0.3) is 5.91 Å². The van der Waals surface area contributed by atoms with E-state index >= 15 is 0 Å². The predicted molar refractivity (Wildman–Crippen MR) is 115 cm³/mol. The number of rotatable bonds is 5. The Morgan fingerprint density at radius 3 is 2.34 bits per heavy atom. The van der Waals surface area contributed by atoms with Crippen LogP contribution in [0.2, 0.25) is 0 Å². The second-order valence-electron chi connectivity index (χ2n) is 7.43. The molecule has 0 unspecified atom stereocenters. The number of anilines is 1. The first-order chi connectivity index (χ1) is 14.1. The molecule has 4 heteroatoms. The minimum Gasteiger partial charge on any atom is -0.341 e. The lowest BCUT2D eigenvalue weighted by Gasteiger charge is -2.21. The highest BCUT2D eigenvalue weighted by molar-refractivity contribution is 5.99. The van der Waals surface area contributed by atoms with Gasteiger partial charge in [-0.05, 0) is 42.7 Å². The lowest BCUT2D eigenvalue weighted by atomic mass is 9.97. The molecule has 29 heavy (non-hydrogen) atoms. The van der Waals surface area contributed by atoms with Gasteiger partial charge in [0.1, 0.15) is 0 Å². The molecule has 0 aromatic heterocycles. The van der Waals surface area contributed by atoms with E-state index in [1.807, 2.05) is 61.5 Å². The van der Waals surface area contributed by atoms with Gasteiger partial charge in [-0.1, -0.05) is 66.2 Å². The fraction of sp³-hybridized carbons (Fsp3) is 0.200. The summed E-state index contributed by atoms with van der Waals surface area (Å²) < 4.78 is 0. The molecule has 4 nitrogen and oxygen atoms in total. The van der Waals surface area contributed by atoms with Crippen LogP contribution in [0.3, 0.4) is 0 Å². The van der Waals surface area contributed by atoms with Crippen molar-refractivity contribution in [2.75, 3.05) is 11.4 Å². The van der Waals surface area contributed by atoms with Crippen molar-refractivity contribution in [3.05, 3.63) is 101 Å². The van der Waals surface area contributed by atoms with Crippen LogP contribution in [0.1, 0.15) is 45.9 Å². The van der Waals surface area contributed by atoms with Crippen molar-refractivity contribution in [2.24, 2.45) is 0 Å². The summed E-state index contributed by atoms with van der Waals surface area (Å²) >= 11 is 0. The molecule has 1 atom stereocenters. The topological polar surface area (TPSA) is 49.4 Å². The molecule has 1 aliphatic heterocycles. The van der Waals surface area contributed by atoms with E-state index in [2.05, 4.69) is 17.4 Å². The van der Waals surface area contributed by atoms with E-state index in [4.69, 9.17) is 0 Å². The van der Waals surface area contributed by atoms with Crippen molar-refractivity contribution in [3.8, 4) is 0 Å². The number of carbonyl (C=O) groups excluding carboxylic acids is 2. The zero-order valence-electron chi connectivity index (χ0n) is 16.5. The second-order valence-corrected chi connectivity index (χ2v) is 7.43. The molecule has 0 spiro atoms. The first-order valence-corrected chi connectivity index (χ1v) is 9.94. The van der Waals surface area contributed by atoms with Gasteiger partial charge in [0, 0.05) is 24.2 Å². The zero-order valence-corrected chi connectivity index (χ0v) is 16.5. The summed E-state index contributed by atoms with van der Waals surface area (Å²) in [4.78, 5) is 26.9. The van der Waals surface area contributed by atoms with Crippen LogP contribution in [0.4, 0.5) is 5.69 Å². The van der Waals surface area contributed by atoms with Gasteiger partial charge >= 0.3 is 0 Å². The van der Waals surface area contributed by atoms with E-state index in [-0.39, 0.29) is 17.9 Å². The lowest BCUT2D eigenvalue weighted by molar-refractivity contribution is -0.117. The molecule has 0 saturated carbocycles. The Balaban J connectivity index is 1.61. The Morgan fingerprint density at radius 2 is 1.66 bits per heavy atom. The van der Waals surface area contributed by atoms with E-state index < -0.39 is 0 Å². The van der Waals surface area contributed by atoms with Crippen LogP contribution in [0, 0.1) is 6.92 Å². The number of amides is 2. The molecule has 0 aliphatic carbocycles. The highest BCUT2D eigenvalue weighted by atomic mass is 16.2. The molecule has 0 bridgehead atoms. The molecule has 2 amide bonds.